The van der Waals surface area contributed by atoms with Crippen LogP contribution >= 0.6 is 11.8 Å². The molecule has 17 heavy (non-hydrogen) atoms. The van der Waals surface area contributed by atoms with E-state index in [1.807, 2.05) is 11.8 Å². The maximum Gasteiger partial charge on any atom is 0.211 e. The molecule has 0 N–H and O–H groups in total. The Bertz CT molecular complexity index is 373. The second-order valence-electron chi connectivity index (χ2n) is 5.03. The number of rotatable bonds is 3. The molecule has 0 aliphatic carbocycles. The number of carbonyl (C=O) groups excluding carboxylic acids is 1. The van der Waals surface area contributed by atoms with E-state index in [4.69, 9.17) is 4.42 Å². The molecule has 94 valence electrons. The second kappa shape index (κ2) is 5.27. The van der Waals surface area contributed by atoms with Crippen LogP contribution in [-0.2, 0) is 0 Å². The Morgan fingerprint density at radius 2 is 2.35 bits per heavy atom. The first-order valence-electron chi connectivity index (χ1n) is 6.00. The Morgan fingerprint density at radius 1 is 1.53 bits per heavy atom. The number of furan rings is 1. The van der Waals surface area contributed by atoms with E-state index in [0.717, 1.165) is 25.3 Å². The van der Waals surface area contributed by atoms with Crippen LogP contribution in [0.15, 0.2) is 22.8 Å². The van der Waals surface area contributed by atoms with Gasteiger partial charge in [0.15, 0.2) is 5.76 Å². The lowest BCUT2D eigenvalue weighted by Crippen LogP contribution is -2.32. The van der Waals surface area contributed by atoms with Gasteiger partial charge in [0.05, 0.1) is 12.8 Å². The van der Waals surface area contributed by atoms with Crippen LogP contribution in [0, 0.1) is 0 Å². The quantitative estimate of drug-likeness (QED) is 0.776. The molecule has 0 spiro atoms. The molecule has 0 amide bonds. The third kappa shape index (κ3) is 3.61. The summed E-state index contributed by atoms with van der Waals surface area (Å²) in [5.74, 6) is 1.65. The van der Waals surface area contributed by atoms with E-state index < -0.39 is 0 Å². The number of hydrogen-bond donors (Lipinski definition) is 0. The van der Waals surface area contributed by atoms with Gasteiger partial charge in [0.25, 0.3) is 0 Å². The van der Waals surface area contributed by atoms with Gasteiger partial charge < -0.3 is 4.42 Å². The maximum absolute atomic E-state index is 11.9. The van der Waals surface area contributed by atoms with Gasteiger partial charge in [-0.1, -0.05) is 13.8 Å². The fourth-order valence-electron chi connectivity index (χ4n) is 1.94. The summed E-state index contributed by atoms with van der Waals surface area (Å²) in [5.41, 5.74) is 0. The van der Waals surface area contributed by atoms with Gasteiger partial charge in [-0.2, -0.15) is 11.8 Å². The number of carbonyl (C=O) groups is 1. The molecule has 1 saturated heterocycles. The molecule has 1 fully saturated rings. The summed E-state index contributed by atoms with van der Waals surface area (Å²) >= 11 is 1.99. The summed E-state index contributed by atoms with van der Waals surface area (Å²) in [7, 11) is 0. The van der Waals surface area contributed by atoms with Crippen molar-refractivity contribution in [2.24, 2.45) is 0 Å². The standard InChI is InChI=1S/C13H19NO2S/c1-13(2)5-6-14(7-9-17-13)10-11(15)12-4-3-8-16-12/h3-4,8H,5-7,9-10H2,1-2H3. The summed E-state index contributed by atoms with van der Waals surface area (Å²) in [6.45, 7) is 7.00. The molecule has 1 aliphatic rings. The van der Waals surface area contributed by atoms with Crippen molar-refractivity contribution in [3.8, 4) is 0 Å². The molecule has 0 unspecified atom stereocenters. The molecule has 1 aliphatic heterocycles. The Hall–Kier alpha value is -0.740. The van der Waals surface area contributed by atoms with Crippen molar-refractivity contribution in [1.82, 2.24) is 4.90 Å². The van der Waals surface area contributed by atoms with Crippen molar-refractivity contribution in [3.63, 3.8) is 0 Å². The maximum atomic E-state index is 11.9. The van der Waals surface area contributed by atoms with Crippen LogP contribution in [0.25, 0.3) is 0 Å². The predicted molar refractivity (Wildman–Crippen MR) is 70.6 cm³/mol. The third-order valence-electron chi connectivity index (χ3n) is 3.09. The topological polar surface area (TPSA) is 33.5 Å². The highest BCUT2D eigenvalue weighted by Gasteiger charge is 2.25. The van der Waals surface area contributed by atoms with Gasteiger partial charge in [-0.25, -0.2) is 0 Å². The average molecular weight is 253 g/mol. The van der Waals surface area contributed by atoms with Crippen molar-refractivity contribution < 1.29 is 9.21 Å². The number of nitrogens with zero attached hydrogens (tertiary/aromatic N) is 1. The first-order valence-corrected chi connectivity index (χ1v) is 6.98. The van der Waals surface area contributed by atoms with Gasteiger partial charge in [0, 0.05) is 17.0 Å². The summed E-state index contributed by atoms with van der Waals surface area (Å²) < 4.78 is 5.46. The summed E-state index contributed by atoms with van der Waals surface area (Å²) in [5, 5.41) is 0. The lowest BCUT2D eigenvalue weighted by Gasteiger charge is -2.21. The van der Waals surface area contributed by atoms with Crippen molar-refractivity contribution in [3.05, 3.63) is 24.2 Å². The molecule has 0 aromatic carbocycles. The molecule has 2 heterocycles. The number of thioether (sulfide) groups is 1. The molecule has 1 aromatic heterocycles. The first-order chi connectivity index (χ1) is 8.07. The second-order valence-corrected chi connectivity index (χ2v) is 6.84. The molecule has 2 rings (SSSR count). The van der Waals surface area contributed by atoms with Gasteiger partial charge in [0.2, 0.25) is 5.78 Å². The summed E-state index contributed by atoms with van der Waals surface area (Å²) in [4.78, 5) is 14.1. The van der Waals surface area contributed by atoms with E-state index in [-0.39, 0.29) is 5.78 Å². The van der Waals surface area contributed by atoms with Crippen LogP contribution in [0.2, 0.25) is 0 Å². The van der Waals surface area contributed by atoms with Crippen LogP contribution < -0.4 is 0 Å². The predicted octanol–water partition coefficient (Wildman–Crippen LogP) is 2.68. The Morgan fingerprint density at radius 3 is 3.06 bits per heavy atom. The Kier molecular flexibility index (Phi) is 3.94. The van der Waals surface area contributed by atoms with E-state index in [1.165, 1.54) is 0 Å². The summed E-state index contributed by atoms with van der Waals surface area (Å²) in [6.07, 6.45) is 2.68. The normalized spacial score (nSPS) is 21.1. The van der Waals surface area contributed by atoms with Crippen LogP contribution in [0.1, 0.15) is 30.8 Å². The van der Waals surface area contributed by atoms with Crippen molar-refractivity contribution in [2.45, 2.75) is 25.0 Å². The first kappa shape index (κ1) is 12.7. The lowest BCUT2D eigenvalue weighted by atomic mass is 10.1. The molecular formula is C13H19NO2S. The van der Waals surface area contributed by atoms with E-state index in [9.17, 15) is 4.79 Å². The molecule has 1 aromatic rings. The molecule has 0 atom stereocenters. The molecule has 4 heteroatoms. The third-order valence-corrected chi connectivity index (χ3v) is 4.47. The van der Waals surface area contributed by atoms with Gasteiger partial charge in [-0.05, 0) is 25.1 Å². The zero-order chi connectivity index (χ0) is 12.3. The van der Waals surface area contributed by atoms with E-state index in [0.29, 0.717) is 17.1 Å². The van der Waals surface area contributed by atoms with Crippen LogP contribution in [-0.4, -0.2) is 40.8 Å². The highest BCUT2D eigenvalue weighted by Crippen LogP contribution is 2.30. The smallest absolute Gasteiger partial charge is 0.211 e. The van der Waals surface area contributed by atoms with Crippen molar-refractivity contribution in [1.29, 1.82) is 0 Å². The molecule has 0 saturated carbocycles. The van der Waals surface area contributed by atoms with Crippen LogP contribution in [0.5, 0.6) is 0 Å². The highest BCUT2D eigenvalue weighted by molar-refractivity contribution is 8.00. The highest BCUT2D eigenvalue weighted by atomic mass is 32.2. The van der Waals surface area contributed by atoms with Gasteiger partial charge in [0.1, 0.15) is 0 Å². The van der Waals surface area contributed by atoms with E-state index in [2.05, 4.69) is 18.7 Å². The van der Waals surface area contributed by atoms with Gasteiger partial charge in [-0.3, -0.25) is 9.69 Å². The average Bonchev–Trinajstić information content (AvgIpc) is 2.73. The molecule has 3 nitrogen and oxygen atoms in total. The van der Waals surface area contributed by atoms with E-state index >= 15 is 0 Å². The SMILES string of the molecule is CC1(C)CCN(CC(=O)c2ccco2)CCS1. The molecular weight excluding hydrogens is 234 g/mol. The largest absolute Gasteiger partial charge is 0.461 e. The van der Waals surface area contributed by atoms with Crippen LogP contribution in [0.4, 0.5) is 0 Å². The minimum absolute atomic E-state index is 0.0831. The summed E-state index contributed by atoms with van der Waals surface area (Å²) in [6, 6.07) is 3.49. The van der Waals surface area contributed by atoms with Crippen LogP contribution in [0.3, 0.4) is 0 Å². The monoisotopic (exact) mass is 253 g/mol. The number of hydrogen-bond acceptors (Lipinski definition) is 4. The van der Waals surface area contributed by atoms with Crippen molar-refractivity contribution in [2.75, 3.05) is 25.4 Å². The molecule has 0 radical (unpaired) electrons. The minimum Gasteiger partial charge on any atom is -0.461 e. The zero-order valence-corrected chi connectivity index (χ0v) is 11.3. The fraction of sp³-hybridized carbons (Fsp3) is 0.615. The van der Waals surface area contributed by atoms with Gasteiger partial charge in [-0.15, -0.1) is 0 Å². The zero-order valence-electron chi connectivity index (χ0n) is 10.4. The van der Waals surface area contributed by atoms with Crippen molar-refractivity contribution >= 4 is 17.5 Å². The number of ketones is 1. The Labute approximate surface area is 107 Å². The lowest BCUT2D eigenvalue weighted by molar-refractivity contribution is 0.0906. The van der Waals surface area contributed by atoms with E-state index in [1.54, 1.807) is 18.4 Å². The fourth-order valence-corrected chi connectivity index (χ4v) is 3.08. The minimum atomic E-state index is 0.0831. The Balaban J connectivity index is 1.89. The molecule has 0 bridgehead atoms. The number of Topliss-reactive ketones (excluding diaryl/α,β-unsaturated/α-hetero) is 1. The van der Waals surface area contributed by atoms with Gasteiger partial charge >= 0.3 is 0 Å².